The largest absolute Gasteiger partial charge is 0.412 e. The molecule has 3 aromatic rings. The molecule has 2 aliphatic rings. The van der Waals surface area contributed by atoms with Crippen LogP contribution >= 0.6 is 0 Å². The number of nitrogens with zero attached hydrogens (tertiary/aromatic N) is 3. The minimum atomic E-state index is -0.510. The number of piperazine rings is 1. The first kappa shape index (κ1) is 28.5. The van der Waals surface area contributed by atoms with Crippen molar-refractivity contribution in [1.29, 1.82) is 0 Å². The Bertz CT molecular complexity index is 1270. The normalized spacial score (nSPS) is 18.1. The fraction of sp³-hybridized carbons (Fsp3) is 0.500. The van der Waals surface area contributed by atoms with Crippen LogP contribution in [0.3, 0.4) is 0 Å². The Morgan fingerprint density at radius 1 is 1.07 bits per heavy atom. The van der Waals surface area contributed by atoms with Crippen molar-refractivity contribution in [2.24, 2.45) is 5.92 Å². The van der Waals surface area contributed by atoms with Gasteiger partial charge in [-0.3, -0.25) is 4.90 Å². The predicted octanol–water partition coefficient (Wildman–Crippen LogP) is 5.60. The lowest BCUT2D eigenvalue weighted by atomic mass is 9.85. The summed E-state index contributed by atoms with van der Waals surface area (Å²) in [5.74, 6) is 0.417. The fourth-order valence-corrected chi connectivity index (χ4v) is 6.09. The van der Waals surface area contributed by atoms with E-state index in [-0.39, 0.29) is 12.6 Å². The number of fused-ring (bicyclic) bond motifs is 1. The van der Waals surface area contributed by atoms with Gasteiger partial charge in [-0.1, -0.05) is 49.6 Å². The zero-order valence-corrected chi connectivity index (χ0v) is 23.4. The van der Waals surface area contributed by atoms with Crippen LogP contribution in [0.15, 0.2) is 48.5 Å². The molecule has 1 aliphatic carbocycles. The number of hydrogen-bond acceptors (Lipinski definition) is 6. The minimum Gasteiger partial charge on any atom is -0.409 e. The molecule has 2 aromatic carbocycles. The number of aliphatic hydroxyl groups is 1. The third-order valence-electron chi connectivity index (χ3n) is 8.42. The van der Waals surface area contributed by atoms with Crippen LogP contribution in [0.1, 0.15) is 51.0 Å². The van der Waals surface area contributed by atoms with E-state index in [9.17, 15) is 14.3 Å². The number of halogens is 1. The lowest BCUT2D eigenvalue weighted by molar-refractivity contribution is 0.119. The third-order valence-corrected chi connectivity index (χ3v) is 8.42. The SMILES string of the molecule is C[C@H](NC(=O)Oc1c(CN2CCN(CCCO)CC2)c(-c2ccccc2)nc2ccc(F)cc12)C1CCCCC1. The summed E-state index contributed by atoms with van der Waals surface area (Å²) in [5, 5.41) is 12.8. The Morgan fingerprint density at radius 2 is 1.80 bits per heavy atom. The van der Waals surface area contributed by atoms with Gasteiger partial charge in [0.15, 0.2) is 0 Å². The highest BCUT2D eigenvalue weighted by Gasteiger charge is 2.27. The van der Waals surface area contributed by atoms with Crippen LogP contribution in [0.4, 0.5) is 9.18 Å². The van der Waals surface area contributed by atoms with Gasteiger partial charge in [-0.25, -0.2) is 14.2 Å². The molecule has 1 aliphatic heterocycles. The number of ether oxygens (including phenoxy) is 1. The lowest BCUT2D eigenvalue weighted by Crippen LogP contribution is -2.46. The first-order chi connectivity index (χ1) is 19.5. The topological polar surface area (TPSA) is 77.9 Å². The molecular weight excluding hydrogens is 507 g/mol. The van der Waals surface area contributed by atoms with Crippen LogP contribution in [0.25, 0.3) is 22.2 Å². The second-order valence-electron chi connectivity index (χ2n) is 11.2. The summed E-state index contributed by atoms with van der Waals surface area (Å²) in [4.78, 5) is 23.0. The Balaban J connectivity index is 1.48. The summed E-state index contributed by atoms with van der Waals surface area (Å²) in [6.45, 7) is 7.12. The second kappa shape index (κ2) is 13.5. The van der Waals surface area contributed by atoms with Crippen LogP contribution < -0.4 is 10.1 Å². The molecule has 2 N–H and O–H groups in total. The number of hydrogen-bond donors (Lipinski definition) is 2. The molecule has 1 saturated heterocycles. The molecule has 0 spiro atoms. The molecule has 2 fully saturated rings. The monoisotopic (exact) mass is 548 g/mol. The van der Waals surface area contributed by atoms with Gasteiger partial charge in [0.25, 0.3) is 0 Å². The van der Waals surface area contributed by atoms with Crippen molar-refractivity contribution in [1.82, 2.24) is 20.1 Å². The molecule has 214 valence electrons. The number of benzene rings is 2. The molecule has 1 atom stereocenters. The van der Waals surface area contributed by atoms with Crippen LogP contribution in [-0.4, -0.2) is 71.4 Å². The van der Waals surface area contributed by atoms with Crippen LogP contribution in [0, 0.1) is 11.7 Å². The van der Waals surface area contributed by atoms with Crippen molar-refractivity contribution in [3.8, 4) is 17.0 Å². The molecule has 1 aromatic heterocycles. The van der Waals surface area contributed by atoms with Crippen molar-refractivity contribution in [2.45, 2.75) is 58.0 Å². The summed E-state index contributed by atoms with van der Waals surface area (Å²) in [5.41, 5.74) is 3.03. The highest BCUT2D eigenvalue weighted by atomic mass is 19.1. The molecule has 0 bridgehead atoms. The van der Waals surface area contributed by atoms with Gasteiger partial charge in [-0.15, -0.1) is 0 Å². The van der Waals surface area contributed by atoms with Crippen molar-refractivity contribution < 1.29 is 19.0 Å². The second-order valence-corrected chi connectivity index (χ2v) is 11.2. The van der Waals surface area contributed by atoms with E-state index >= 15 is 0 Å². The van der Waals surface area contributed by atoms with E-state index < -0.39 is 11.9 Å². The molecule has 1 saturated carbocycles. The maximum Gasteiger partial charge on any atom is 0.412 e. The number of rotatable bonds is 9. The Kier molecular flexibility index (Phi) is 9.62. The van der Waals surface area contributed by atoms with Crippen molar-refractivity contribution >= 4 is 17.0 Å². The number of carbonyl (C=O) groups excluding carboxylic acids is 1. The summed E-state index contributed by atoms with van der Waals surface area (Å²) in [6.07, 6.45) is 6.12. The number of amides is 1. The van der Waals surface area contributed by atoms with Gasteiger partial charge in [0.2, 0.25) is 0 Å². The van der Waals surface area contributed by atoms with E-state index in [2.05, 4.69) is 15.1 Å². The van der Waals surface area contributed by atoms with Gasteiger partial charge in [-0.2, -0.15) is 0 Å². The predicted molar refractivity (Wildman–Crippen MR) is 156 cm³/mol. The molecule has 0 radical (unpaired) electrons. The first-order valence-electron chi connectivity index (χ1n) is 14.7. The van der Waals surface area contributed by atoms with E-state index in [0.29, 0.717) is 29.1 Å². The number of aromatic nitrogens is 1. The van der Waals surface area contributed by atoms with Crippen molar-refractivity contribution in [2.75, 3.05) is 39.3 Å². The van der Waals surface area contributed by atoms with E-state index in [1.165, 1.54) is 31.4 Å². The highest BCUT2D eigenvalue weighted by molar-refractivity contribution is 5.92. The van der Waals surface area contributed by atoms with Crippen molar-refractivity contribution in [3.63, 3.8) is 0 Å². The van der Waals surface area contributed by atoms with E-state index in [4.69, 9.17) is 9.72 Å². The van der Waals surface area contributed by atoms with Gasteiger partial charge in [0.05, 0.1) is 11.2 Å². The number of pyridine rings is 1. The maximum absolute atomic E-state index is 14.5. The van der Waals surface area contributed by atoms with Gasteiger partial charge < -0.3 is 20.1 Å². The summed E-state index contributed by atoms with van der Waals surface area (Å²) >= 11 is 0. The quantitative estimate of drug-likeness (QED) is 0.363. The first-order valence-corrected chi connectivity index (χ1v) is 14.7. The number of aliphatic hydroxyl groups excluding tert-OH is 1. The standard InChI is InChI=1S/C32H41FN4O3/c1-23(24-9-4-2-5-10-24)34-32(39)40-31-27-21-26(33)13-14-29(27)35-30(25-11-6-3-7-12-25)28(31)22-37-18-16-36(17-19-37)15-8-20-38/h3,6-7,11-14,21,23-24,38H,2,4-5,8-10,15-20,22H2,1H3,(H,34,39)/t23-/m0/s1. The van der Waals surface area contributed by atoms with Crippen LogP contribution in [0.5, 0.6) is 5.75 Å². The summed E-state index contributed by atoms with van der Waals surface area (Å²) in [6, 6.07) is 14.4. The average molecular weight is 549 g/mol. The Morgan fingerprint density at radius 3 is 2.52 bits per heavy atom. The smallest absolute Gasteiger partial charge is 0.409 e. The van der Waals surface area contributed by atoms with E-state index in [1.807, 2.05) is 37.3 Å². The molecule has 5 rings (SSSR count). The van der Waals surface area contributed by atoms with Gasteiger partial charge in [0, 0.05) is 68.4 Å². The van der Waals surface area contributed by atoms with Gasteiger partial charge in [-0.05, 0) is 50.3 Å². The Labute approximate surface area is 236 Å². The zero-order valence-electron chi connectivity index (χ0n) is 23.4. The molecule has 7 nitrogen and oxygen atoms in total. The minimum absolute atomic E-state index is 0.00156. The van der Waals surface area contributed by atoms with Gasteiger partial charge >= 0.3 is 6.09 Å². The summed E-state index contributed by atoms with van der Waals surface area (Å²) in [7, 11) is 0. The molecule has 8 heteroatoms. The highest BCUT2D eigenvalue weighted by Crippen LogP contribution is 2.37. The van der Waals surface area contributed by atoms with E-state index in [0.717, 1.165) is 68.8 Å². The average Bonchev–Trinajstić information content (AvgIpc) is 2.98. The van der Waals surface area contributed by atoms with Crippen LogP contribution in [0.2, 0.25) is 0 Å². The Hall–Kier alpha value is -3.07. The maximum atomic E-state index is 14.5. The molecule has 40 heavy (non-hydrogen) atoms. The molecule has 2 heterocycles. The van der Waals surface area contributed by atoms with Crippen LogP contribution in [-0.2, 0) is 6.54 Å². The third kappa shape index (κ3) is 6.97. The molecule has 0 unspecified atom stereocenters. The zero-order chi connectivity index (χ0) is 27.9. The molecule has 1 amide bonds. The molecular formula is C32H41FN4O3. The lowest BCUT2D eigenvalue weighted by Gasteiger charge is -2.35. The van der Waals surface area contributed by atoms with Gasteiger partial charge in [0.1, 0.15) is 11.6 Å². The van der Waals surface area contributed by atoms with E-state index in [1.54, 1.807) is 6.07 Å². The number of carbonyl (C=O) groups is 1. The number of nitrogens with one attached hydrogen (secondary N) is 1. The summed E-state index contributed by atoms with van der Waals surface area (Å²) < 4.78 is 20.7. The van der Waals surface area contributed by atoms with Crippen molar-refractivity contribution in [3.05, 3.63) is 59.9 Å². The fourth-order valence-electron chi connectivity index (χ4n) is 6.09.